The summed E-state index contributed by atoms with van der Waals surface area (Å²) in [6, 6.07) is 5.61. The quantitative estimate of drug-likeness (QED) is 0.872. The summed E-state index contributed by atoms with van der Waals surface area (Å²) in [5.41, 5.74) is -0.237. The lowest BCUT2D eigenvalue weighted by atomic mass is 9.84. The third kappa shape index (κ3) is 4.99. The first-order chi connectivity index (χ1) is 9.20. The van der Waals surface area contributed by atoms with Crippen molar-refractivity contribution in [1.29, 1.82) is 0 Å². The van der Waals surface area contributed by atoms with Crippen LogP contribution < -0.4 is 5.32 Å². The van der Waals surface area contributed by atoms with E-state index in [0.29, 0.717) is 6.42 Å². The molecular formula is C15H20FNO3. The number of rotatable bonds is 5. The predicted octanol–water partition coefficient (Wildman–Crippen LogP) is 2.69. The number of hydrogen-bond acceptors (Lipinski definition) is 2. The zero-order chi connectivity index (χ0) is 15.3. The molecule has 1 rings (SSSR count). The van der Waals surface area contributed by atoms with Gasteiger partial charge in [0.2, 0.25) is 0 Å². The third-order valence-electron chi connectivity index (χ3n) is 2.84. The van der Waals surface area contributed by atoms with Gasteiger partial charge in [-0.1, -0.05) is 32.9 Å². The summed E-state index contributed by atoms with van der Waals surface area (Å²) in [6.07, 6.45) is 0.430. The number of carbonyl (C=O) groups excluding carboxylic acids is 1. The topological polar surface area (TPSA) is 66.4 Å². The predicted molar refractivity (Wildman–Crippen MR) is 73.9 cm³/mol. The Kier molecular flexibility index (Phi) is 5.25. The highest BCUT2D eigenvalue weighted by Crippen LogP contribution is 2.24. The second-order valence-corrected chi connectivity index (χ2v) is 5.99. The average molecular weight is 281 g/mol. The van der Waals surface area contributed by atoms with E-state index in [-0.39, 0.29) is 17.5 Å². The van der Waals surface area contributed by atoms with E-state index in [9.17, 15) is 14.0 Å². The zero-order valence-electron chi connectivity index (χ0n) is 11.9. The van der Waals surface area contributed by atoms with Crippen molar-refractivity contribution < 1.29 is 19.1 Å². The average Bonchev–Trinajstić information content (AvgIpc) is 2.33. The number of aliphatic carboxylic acids is 1. The molecule has 5 heteroatoms. The van der Waals surface area contributed by atoms with Crippen molar-refractivity contribution in [2.45, 2.75) is 27.2 Å². The Morgan fingerprint density at radius 2 is 1.90 bits per heavy atom. The zero-order valence-corrected chi connectivity index (χ0v) is 11.9. The molecule has 0 saturated carbocycles. The van der Waals surface area contributed by atoms with Crippen molar-refractivity contribution in [3.63, 3.8) is 0 Å². The van der Waals surface area contributed by atoms with Crippen LogP contribution in [0.1, 0.15) is 37.6 Å². The van der Waals surface area contributed by atoms with Crippen LogP contribution in [0, 0.1) is 17.2 Å². The first kappa shape index (κ1) is 16.1. The minimum absolute atomic E-state index is 0.0141. The minimum Gasteiger partial charge on any atom is -0.481 e. The molecule has 0 aliphatic rings. The monoisotopic (exact) mass is 281 g/mol. The Morgan fingerprint density at radius 3 is 2.40 bits per heavy atom. The number of nitrogens with one attached hydrogen (secondary N) is 1. The van der Waals surface area contributed by atoms with E-state index in [1.165, 1.54) is 18.2 Å². The van der Waals surface area contributed by atoms with Gasteiger partial charge in [-0.3, -0.25) is 9.59 Å². The normalized spacial score (nSPS) is 12.8. The van der Waals surface area contributed by atoms with Crippen LogP contribution in [0.25, 0.3) is 0 Å². The third-order valence-corrected chi connectivity index (χ3v) is 2.84. The molecule has 0 aliphatic carbocycles. The molecule has 110 valence electrons. The van der Waals surface area contributed by atoms with Gasteiger partial charge in [0, 0.05) is 6.54 Å². The molecule has 1 unspecified atom stereocenters. The van der Waals surface area contributed by atoms with Crippen LogP contribution in [0.5, 0.6) is 0 Å². The van der Waals surface area contributed by atoms with Gasteiger partial charge >= 0.3 is 5.97 Å². The standard InChI is InChI=1S/C15H20FNO3/c1-15(2,3)8-10(14(19)20)9-17-13(18)11-6-4-5-7-12(11)16/h4-7,10H,8-9H2,1-3H3,(H,17,18)(H,19,20). The van der Waals surface area contributed by atoms with Crippen LogP contribution in [0.3, 0.4) is 0 Å². The Balaban J connectivity index is 2.67. The van der Waals surface area contributed by atoms with E-state index in [2.05, 4.69) is 5.32 Å². The summed E-state index contributed by atoms with van der Waals surface area (Å²) < 4.78 is 13.4. The molecule has 4 nitrogen and oxygen atoms in total. The van der Waals surface area contributed by atoms with E-state index in [1.807, 2.05) is 20.8 Å². The first-order valence-electron chi connectivity index (χ1n) is 6.46. The van der Waals surface area contributed by atoms with Crippen molar-refractivity contribution >= 4 is 11.9 Å². The smallest absolute Gasteiger partial charge is 0.308 e. The lowest BCUT2D eigenvalue weighted by Gasteiger charge is -2.23. The van der Waals surface area contributed by atoms with Crippen molar-refractivity contribution in [1.82, 2.24) is 5.32 Å². The Labute approximate surface area is 118 Å². The van der Waals surface area contributed by atoms with Crippen LogP contribution in [-0.2, 0) is 4.79 Å². The van der Waals surface area contributed by atoms with Crippen LogP contribution in [-0.4, -0.2) is 23.5 Å². The lowest BCUT2D eigenvalue weighted by molar-refractivity contribution is -0.142. The molecule has 0 radical (unpaired) electrons. The largest absolute Gasteiger partial charge is 0.481 e. The van der Waals surface area contributed by atoms with Crippen LogP contribution in [0.2, 0.25) is 0 Å². The van der Waals surface area contributed by atoms with Crippen molar-refractivity contribution in [2.24, 2.45) is 11.3 Å². The van der Waals surface area contributed by atoms with Gasteiger partial charge in [0.05, 0.1) is 11.5 Å². The molecular weight excluding hydrogens is 261 g/mol. The molecule has 20 heavy (non-hydrogen) atoms. The molecule has 1 atom stereocenters. The number of carboxylic acids is 1. The summed E-state index contributed by atoms with van der Waals surface area (Å²) in [6.45, 7) is 5.78. The molecule has 1 aromatic rings. The number of benzene rings is 1. The highest BCUT2D eigenvalue weighted by atomic mass is 19.1. The van der Waals surface area contributed by atoms with Crippen molar-refractivity contribution in [3.8, 4) is 0 Å². The summed E-state index contributed by atoms with van der Waals surface area (Å²) >= 11 is 0. The Morgan fingerprint density at radius 1 is 1.30 bits per heavy atom. The second-order valence-electron chi connectivity index (χ2n) is 5.99. The maximum absolute atomic E-state index is 13.4. The molecule has 0 heterocycles. The van der Waals surface area contributed by atoms with Gasteiger partial charge in [0.1, 0.15) is 5.82 Å². The van der Waals surface area contributed by atoms with Gasteiger partial charge in [0.25, 0.3) is 5.91 Å². The molecule has 0 bridgehead atoms. The number of halogens is 1. The summed E-state index contributed by atoms with van der Waals surface area (Å²) in [7, 11) is 0. The Hall–Kier alpha value is -1.91. The summed E-state index contributed by atoms with van der Waals surface area (Å²) in [5, 5.41) is 11.6. The summed E-state index contributed by atoms with van der Waals surface area (Å²) in [5.74, 6) is -2.87. The van der Waals surface area contributed by atoms with Crippen LogP contribution in [0.15, 0.2) is 24.3 Å². The van der Waals surface area contributed by atoms with Gasteiger partial charge in [-0.05, 0) is 24.0 Å². The fraction of sp³-hybridized carbons (Fsp3) is 0.467. The number of amides is 1. The second kappa shape index (κ2) is 6.50. The van der Waals surface area contributed by atoms with Gasteiger partial charge in [-0.2, -0.15) is 0 Å². The van der Waals surface area contributed by atoms with E-state index >= 15 is 0 Å². The molecule has 0 fully saturated rings. The first-order valence-corrected chi connectivity index (χ1v) is 6.46. The minimum atomic E-state index is -0.964. The summed E-state index contributed by atoms with van der Waals surface area (Å²) in [4.78, 5) is 23.0. The molecule has 0 aromatic heterocycles. The van der Waals surface area contributed by atoms with E-state index in [1.54, 1.807) is 6.07 Å². The van der Waals surface area contributed by atoms with Crippen molar-refractivity contribution in [2.75, 3.05) is 6.54 Å². The van der Waals surface area contributed by atoms with E-state index in [0.717, 1.165) is 0 Å². The molecule has 0 spiro atoms. The fourth-order valence-corrected chi connectivity index (χ4v) is 1.94. The van der Waals surface area contributed by atoms with Gasteiger partial charge < -0.3 is 10.4 Å². The fourth-order valence-electron chi connectivity index (χ4n) is 1.94. The highest BCUT2D eigenvalue weighted by molar-refractivity contribution is 5.94. The number of carboxylic acid groups (broad SMARTS) is 1. The number of hydrogen-bond donors (Lipinski definition) is 2. The van der Waals surface area contributed by atoms with Crippen molar-refractivity contribution in [3.05, 3.63) is 35.6 Å². The molecule has 0 saturated heterocycles. The highest BCUT2D eigenvalue weighted by Gasteiger charge is 2.25. The molecule has 0 aliphatic heterocycles. The molecule has 1 aromatic carbocycles. The van der Waals surface area contributed by atoms with Crippen LogP contribution in [0.4, 0.5) is 4.39 Å². The number of carbonyl (C=O) groups is 2. The SMILES string of the molecule is CC(C)(C)CC(CNC(=O)c1ccccc1F)C(=O)O. The van der Waals surface area contributed by atoms with Gasteiger partial charge in [0.15, 0.2) is 0 Å². The van der Waals surface area contributed by atoms with E-state index < -0.39 is 23.6 Å². The maximum atomic E-state index is 13.4. The maximum Gasteiger partial charge on any atom is 0.308 e. The van der Waals surface area contributed by atoms with Gasteiger partial charge in [-0.15, -0.1) is 0 Å². The lowest BCUT2D eigenvalue weighted by Crippen LogP contribution is -2.35. The van der Waals surface area contributed by atoms with Crippen LogP contribution >= 0.6 is 0 Å². The van der Waals surface area contributed by atoms with Gasteiger partial charge in [-0.25, -0.2) is 4.39 Å². The Bertz CT molecular complexity index is 494. The molecule has 2 N–H and O–H groups in total. The molecule has 1 amide bonds. The van der Waals surface area contributed by atoms with E-state index in [4.69, 9.17) is 5.11 Å².